The number of hydrogen-bond acceptors (Lipinski definition) is 2. The summed E-state index contributed by atoms with van der Waals surface area (Å²) in [6.07, 6.45) is 3.50. The van der Waals surface area contributed by atoms with Crippen molar-refractivity contribution < 1.29 is 9.59 Å². The van der Waals surface area contributed by atoms with Gasteiger partial charge < -0.3 is 10.2 Å². The van der Waals surface area contributed by atoms with Crippen LogP contribution in [0.15, 0.2) is 54.6 Å². The van der Waals surface area contributed by atoms with Gasteiger partial charge in [-0.15, -0.1) is 0 Å². The molecular formula is C20H18Cl2N2O2. The highest BCUT2D eigenvalue weighted by Crippen LogP contribution is 2.25. The Bertz CT molecular complexity index is 817. The summed E-state index contributed by atoms with van der Waals surface area (Å²) in [6.45, 7) is 1.18. The van der Waals surface area contributed by atoms with E-state index in [2.05, 4.69) is 5.32 Å². The summed E-state index contributed by atoms with van der Waals surface area (Å²) in [5, 5.41) is 3.68. The van der Waals surface area contributed by atoms with Gasteiger partial charge in [0.15, 0.2) is 0 Å². The minimum Gasteiger partial charge on any atom is -0.341 e. The quantitative estimate of drug-likeness (QED) is 0.788. The SMILES string of the molecule is O=C(C=Cc1c(Cl)cccc1Cl)NC1CCN(Cc2ccccc2)C1=O. The van der Waals surface area contributed by atoms with Crippen LogP contribution in [0.25, 0.3) is 6.08 Å². The number of nitrogens with zero attached hydrogens (tertiary/aromatic N) is 1. The van der Waals surface area contributed by atoms with E-state index in [1.807, 2.05) is 30.3 Å². The molecule has 1 N–H and O–H groups in total. The lowest BCUT2D eigenvalue weighted by Gasteiger charge is -2.17. The third-order valence-corrected chi connectivity index (χ3v) is 4.89. The van der Waals surface area contributed by atoms with E-state index in [-0.39, 0.29) is 11.8 Å². The zero-order valence-electron chi connectivity index (χ0n) is 14.0. The lowest BCUT2D eigenvalue weighted by molar-refractivity contribution is -0.132. The first-order valence-electron chi connectivity index (χ1n) is 8.30. The van der Waals surface area contributed by atoms with Crippen molar-refractivity contribution in [1.29, 1.82) is 0 Å². The first-order chi connectivity index (χ1) is 12.5. The average molecular weight is 389 g/mol. The number of likely N-dealkylation sites (tertiary alicyclic amines) is 1. The van der Waals surface area contributed by atoms with E-state index in [4.69, 9.17) is 23.2 Å². The molecule has 1 fully saturated rings. The van der Waals surface area contributed by atoms with Crippen molar-refractivity contribution in [2.24, 2.45) is 0 Å². The molecule has 0 aliphatic carbocycles. The number of hydrogen-bond donors (Lipinski definition) is 1. The van der Waals surface area contributed by atoms with Crippen molar-refractivity contribution in [3.63, 3.8) is 0 Å². The lowest BCUT2D eigenvalue weighted by Crippen LogP contribution is -2.40. The minimum absolute atomic E-state index is 0.0635. The summed E-state index contributed by atoms with van der Waals surface area (Å²) in [5.74, 6) is -0.410. The Morgan fingerprint density at radius 3 is 2.50 bits per heavy atom. The van der Waals surface area contributed by atoms with Crippen LogP contribution >= 0.6 is 23.2 Å². The maximum absolute atomic E-state index is 12.5. The second-order valence-corrected chi connectivity index (χ2v) is 6.88. The molecule has 1 atom stereocenters. The van der Waals surface area contributed by atoms with E-state index in [0.29, 0.717) is 35.1 Å². The maximum Gasteiger partial charge on any atom is 0.245 e. The van der Waals surface area contributed by atoms with Crippen LogP contribution < -0.4 is 5.32 Å². The fourth-order valence-corrected chi connectivity index (χ4v) is 3.41. The first-order valence-corrected chi connectivity index (χ1v) is 9.05. The largest absolute Gasteiger partial charge is 0.341 e. The molecule has 0 radical (unpaired) electrons. The van der Waals surface area contributed by atoms with Crippen LogP contribution in [0.2, 0.25) is 10.0 Å². The van der Waals surface area contributed by atoms with Gasteiger partial charge in [-0.1, -0.05) is 59.6 Å². The molecule has 6 heteroatoms. The Hall–Kier alpha value is -2.30. The van der Waals surface area contributed by atoms with Crippen LogP contribution in [0.3, 0.4) is 0 Å². The number of halogens is 2. The van der Waals surface area contributed by atoms with Gasteiger partial charge in [0.25, 0.3) is 0 Å². The van der Waals surface area contributed by atoms with Crippen LogP contribution in [-0.2, 0) is 16.1 Å². The van der Waals surface area contributed by atoms with Crippen LogP contribution in [0.4, 0.5) is 0 Å². The third-order valence-electron chi connectivity index (χ3n) is 4.23. The molecule has 0 aromatic heterocycles. The predicted octanol–water partition coefficient (Wildman–Crippen LogP) is 3.92. The minimum atomic E-state index is -0.502. The maximum atomic E-state index is 12.5. The van der Waals surface area contributed by atoms with Crippen LogP contribution in [-0.4, -0.2) is 29.3 Å². The van der Waals surface area contributed by atoms with Crippen LogP contribution in [0.5, 0.6) is 0 Å². The molecule has 2 amide bonds. The number of benzene rings is 2. The summed E-state index contributed by atoms with van der Waals surface area (Å²) < 4.78 is 0. The van der Waals surface area contributed by atoms with Crippen molar-refractivity contribution in [2.45, 2.75) is 19.0 Å². The molecule has 1 aliphatic rings. The Kier molecular flexibility index (Phi) is 5.96. The molecule has 3 rings (SSSR count). The number of rotatable bonds is 5. The Morgan fingerprint density at radius 1 is 1.12 bits per heavy atom. The topological polar surface area (TPSA) is 49.4 Å². The van der Waals surface area contributed by atoms with Gasteiger partial charge in [0.1, 0.15) is 6.04 Å². The highest BCUT2D eigenvalue weighted by atomic mass is 35.5. The standard InChI is InChI=1S/C20H18Cl2N2O2/c21-16-7-4-8-17(22)15(16)9-10-19(25)23-18-11-12-24(20(18)26)13-14-5-2-1-3-6-14/h1-10,18H,11-13H2,(H,23,25). The van der Waals surface area contributed by atoms with Crippen molar-refractivity contribution in [3.05, 3.63) is 75.8 Å². The molecule has 0 saturated carbocycles. The van der Waals surface area contributed by atoms with Crippen LogP contribution in [0, 0.1) is 0 Å². The summed E-state index contributed by atoms with van der Waals surface area (Å²) in [7, 11) is 0. The molecule has 26 heavy (non-hydrogen) atoms. The first kappa shape index (κ1) is 18.5. The highest BCUT2D eigenvalue weighted by molar-refractivity contribution is 6.37. The van der Waals surface area contributed by atoms with Gasteiger partial charge in [-0.2, -0.15) is 0 Å². The number of carbonyl (C=O) groups is 2. The highest BCUT2D eigenvalue weighted by Gasteiger charge is 2.32. The van der Waals surface area contributed by atoms with Crippen LogP contribution in [0.1, 0.15) is 17.5 Å². The zero-order valence-corrected chi connectivity index (χ0v) is 15.5. The summed E-state index contributed by atoms with van der Waals surface area (Å²) >= 11 is 12.1. The lowest BCUT2D eigenvalue weighted by atomic mass is 10.2. The average Bonchev–Trinajstić information content (AvgIpc) is 2.95. The number of amides is 2. The Balaban J connectivity index is 1.58. The second-order valence-electron chi connectivity index (χ2n) is 6.06. The molecule has 1 heterocycles. The Labute approximate surface area is 162 Å². The van der Waals surface area contributed by atoms with E-state index in [1.165, 1.54) is 6.08 Å². The van der Waals surface area contributed by atoms with E-state index in [1.54, 1.807) is 29.2 Å². The number of nitrogens with one attached hydrogen (secondary N) is 1. The van der Waals surface area contributed by atoms with Crippen molar-refractivity contribution in [3.8, 4) is 0 Å². The van der Waals surface area contributed by atoms with Gasteiger partial charge in [0.05, 0.1) is 0 Å². The molecular weight excluding hydrogens is 371 g/mol. The van der Waals surface area contributed by atoms with Crippen molar-refractivity contribution in [1.82, 2.24) is 10.2 Å². The monoisotopic (exact) mass is 388 g/mol. The molecule has 2 aromatic rings. The molecule has 2 aromatic carbocycles. The molecule has 1 saturated heterocycles. The molecule has 134 valence electrons. The van der Waals surface area contributed by atoms with Gasteiger partial charge in [0.2, 0.25) is 11.8 Å². The van der Waals surface area contributed by atoms with E-state index in [9.17, 15) is 9.59 Å². The van der Waals surface area contributed by atoms with Gasteiger partial charge in [-0.3, -0.25) is 9.59 Å². The van der Waals surface area contributed by atoms with Crippen molar-refractivity contribution >= 4 is 41.1 Å². The van der Waals surface area contributed by atoms with E-state index < -0.39 is 6.04 Å². The predicted molar refractivity (Wildman–Crippen MR) is 104 cm³/mol. The van der Waals surface area contributed by atoms with Gasteiger partial charge in [-0.25, -0.2) is 0 Å². The van der Waals surface area contributed by atoms with Gasteiger partial charge in [-0.05, 0) is 30.2 Å². The summed E-state index contributed by atoms with van der Waals surface area (Å²) in [5.41, 5.74) is 1.65. The normalized spacial score (nSPS) is 17.1. The molecule has 0 spiro atoms. The molecule has 0 bridgehead atoms. The summed E-state index contributed by atoms with van der Waals surface area (Å²) in [4.78, 5) is 26.4. The fourth-order valence-electron chi connectivity index (χ4n) is 2.88. The second kappa shape index (κ2) is 8.39. The smallest absolute Gasteiger partial charge is 0.245 e. The molecule has 1 unspecified atom stereocenters. The van der Waals surface area contributed by atoms with Crippen molar-refractivity contribution in [2.75, 3.05) is 6.54 Å². The summed E-state index contributed by atoms with van der Waals surface area (Å²) in [6, 6.07) is 14.4. The zero-order chi connectivity index (χ0) is 18.5. The Morgan fingerprint density at radius 2 is 1.81 bits per heavy atom. The van der Waals surface area contributed by atoms with E-state index in [0.717, 1.165) is 5.56 Å². The van der Waals surface area contributed by atoms with Gasteiger partial charge >= 0.3 is 0 Å². The van der Waals surface area contributed by atoms with E-state index >= 15 is 0 Å². The molecule has 4 nitrogen and oxygen atoms in total. The third kappa shape index (κ3) is 4.45. The van der Waals surface area contributed by atoms with Gasteiger partial charge in [0, 0.05) is 34.8 Å². The molecule has 1 aliphatic heterocycles. The fraction of sp³-hybridized carbons (Fsp3) is 0.200. The number of carbonyl (C=O) groups excluding carboxylic acids is 2.